The van der Waals surface area contributed by atoms with E-state index in [1.807, 2.05) is 62.4 Å². The number of nitrogens with one attached hydrogen (secondary N) is 1. The van der Waals surface area contributed by atoms with Gasteiger partial charge in [0.15, 0.2) is 0 Å². The molecule has 0 radical (unpaired) electrons. The molecular formula is C22H24N2O3S. The molecule has 0 heterocycles. The van der Waals surface area contributed by atoms with Crippen molar-refractivity contribution in [2.45, 2.75) is 26.8 Å². The summed E-state index contributed by atoms with van der Waals surface area (Å²) in [4.78, 5) is 13.0. The van der Waals surface area contributed by atoms with E-state index in [1.54, 1.807) is 19.1 Å². The molecule has 146 valence electrons. The molecule has 1 N–H and O–H groups in total. The highest BCUT2D eigenvalue weighted by Crippen LogP contribution is 2.26. The summed E-state index contributed by atoms with van der Waals surface area (Å²) >= 11 is 0. The third-order valence-corrected chi connectivity index (χ3v) is 5.84. The lowest BCUT2D eigenvalue weighted by molar-refractivity contribution is -0.116. The molecule has 3 aromatic carbocycles. The zero-order valence-electron chi connectivity index (χ0n) is 16.4. The maximum atomic E-state index is 13.0. The van der Waals surface area contributed by atoms with Crippen molar-refractivity contribution in [2.75, 3.05) is 15.9 Å². The number of rotatable bonds is 5. The predicted octanol–water partition coefficient (Wildman–Crippen LogP) is 4.25. The van der Waals surface area contributed by atoms with Crippen molar-refractivity contribution in [3.05, 3.63) is 71.8 Å². The molecule has 5 nitrogen and oxygen atoms in total. The molecule has 28 heavy (non-hydrogen) atoms. The fourth-order valence-electron chi connectivity index (χ4n) is 3.46. The van der Waals surface area contributed by atoms with Gasteiger partial charge in [-0.2, -0.15) is 0 Å². The number of carbonyl (C=O) groups is 1. The van der Waals surface area contributed by atoms with Crippen LogP contribution in [0.4, 0.5) is 11.4 Å². The van der Waals surface area contributed by atoms with Crippen LogP contribution in [0.5, 0.6) is 0 Å². The minimum Gasteiger partial charge on any atom is -0.324 e. The summed E-state index contributed by atoms with van der Waals surface area (Å²) in [5, 5.41) is 4.80. The van der Waals surface area contributed by atoms with Gasteiger partial charge in [-0.3, -0.25) is 9.10 Å². The van der Waals surface area contributed by atoms with Crippen LogP contribution in [0.15, 0.2) is 60.7 Å². The SMILES string of the molecule is Cc1cc(C)cc(N(C(C)C(=O)Nc2cccc3ccccc23)S(C)(=O)=O)c1. The maximum Gasteiger partial charge on any atom is 0.248 e. The van der Waals surface area contributed by atoms with Gasteiger partial charge in [0.05, 0.1) is 11.9 Å². The van der Waals surface area contributed by atoms with Gasteiger partial charge in [-0.1, -0.05) is 42.5 Å². The van der Waals surface area contributed by atoms with Gasteiger partial charge in [-0.05, 0) is 55.5 Å². The smallest absolute Gasteiger partial charge is 0.248 e. The fraction of sp³-hybridized carbons (Fsp3) is 0.227. The Balaban J connectivity index is 1.96. The molecule has 3 rings (SSSR count). The van der Waals surface area contributed by atoms with Gasteiger partial charge >= 0.3 is 0 Å². The van der Waals surface area contributed by atoms with Crippen LogP contribution in [0, 0.1) is 13.8 Å². The number of hydrogen-bond donors (Lipinski definition) is 1. The van der Waals surface area contributed by atoms with Crippen molar-refractivity contribution in [1.82, 2.24) is 0 Å². The van der Waals surface area contributed by atoms with Crippen molar-refractivity contribution < 1.29 is 13.2 Å². The average molecular weight is 397 g/mol. The molecular weight excluding hydrogens is 372 g/mol. The van der Waals surface area contributed by atoms with Crippen LogP contribution in [0.1, 0.15) is 18.1 Å². The Morgan fingerprint density at radius 3 is 2.21 bits per heavy atom. The van der Waals surface area contributed by atoms with Gasteiger partial charge < -0.3 is 5.32 Å². The summed E-state index contributed by atoms with van der Waals surface area (Å²) in [5.41, 5.74) is 3.01. The van der Waals surface area contributed by atoms with E-state index >= 15 is 0 Å². The molecule has 0 spiro atoms. The van der Waals surface area contributed by atoms with E-state index in [4.69, 9.17) is 0 Å². The summed E-state index contributed by atoms with van der Waals surface area (Å²) in [6.45, 7) is 5.40. The summed E-state index contributed by atoms with van der Waals surface area (Å²) < 4.78 is 26.2. The maximum absolute atomic E-state index is 13.0. The number of benzene rings is 3. The lowest BCUT2D eigenvalue weighted by atomic mass is 10.1. The quantitative estimate of drug-likeness (QED) is 0.701. The first kappa shape index (κ1) is 19.9. The molecule has 0 aromatic heterocycles. The summed E-state index contributed by atoms with van der Waals surface area (Å²) in [6.07, 6.45) is 1.12. The Bertz CT molecular complexity index is 1110. The van der Waals surface area contributed by atoms with E-state index in [0.29, 0.717) is 11.4 Å². The number of aryl methyl sites for hydroxylation is 2. The Morgan fingerprint density at radius 1 is 0.964 bits per heavy atom. The topological polar surface area (TPSA) is 66.5 Å². The van der Waals surface area contributed by atoms with Gasteiger partial charge in [-0.15, -0.1) is 0 Å². The van der Waals surface area contributed by atoms with Crippen LogP contribution in [-0.2, 0) is 14.8 Å². The standard InChI is InChI=1S/C22H24N2O3S/c1-15-12-16(2)14-19(13-15)24(28(4,26)27)17(3)22(25)23-21-11-7-9-18-8-5-6-10-20(18)21/h5-14,17H,1-4H3,(H,23,25). The van der Waals surface area contributed by atoms with Crippen molar-refractivity contribution in [2.24, 2.45) is 0 Å². The second-order valence-electron chi connectivity index (χ2n) is 7.10. The van der Waals surface area contributed by atoms with Gasteiger partial charge in [0.2, 0.25) is 15.9 Å². The minimum absolute atomic E-state index is 0.388. The first-order chi connectivity index (χ1) is 13.2. The van der Waals surface area contributed by atoms with Crippen LogP contribution >= 0.6 is 0 Å². The lowest BCUT2D eigenvalue weighted by Crippen LogP contribution is -2.45. The molecule has 0 saturated carbocycles. The van der Waals surface area contributed by atoms with Crippen molar-refractivity contribution >= 4 is 38.1 Å². The number of nitrogens with zero attached hydrogens (tertiary/aromatic N) is 1. The van der Waals surface area contributed by atoms with E-state index in [2.05, 4.69) is 5.32 Å². The van der Waals surface area contributed by atoms with E-state index < -0.39 is 16.1 Å². The molecule has 0 aliphatic rings. The Morgan fingerprint density at radius 2 is 1.57 bits per heavy atom. The molecule has 0 aliphatic heterocycles. The highest BCUT2D eigenvalue weighted by molar-refractivity contribution is 7.92. The average Bonchev–Trinajstić information content (AvgIpc) is 2.60. The highest BCUT2D eigenvalue weighted by atomic mass is 32.2. The number of fused-ring (bicyclic) bond motifs is 1. The third-order valence-electron chi connectivity index (χ3n) is 4.60. The zero-order valence-corrected chi connectivity index (χ0v) is 17.2. The largest absolute Gasteiger partial charge is 0.324 e. The number of amides is 1. The van der Waals surface area contributed by atoms with Crippen molar-refractivity contribution in [3.8, 4) is 0 Å². The van der Waals surface area contributed by atoms with Gasteiger partial charge in [-0.25, -0.2) is 8.42 Å². The highest BCUT2D eigenvalue weighted by Gasteiger charge is 2.29. The number of hydrogen-bond acceptors (Lipinski definition) is 3. The van der Waals surface area contributed by atoms with E-state index in [1.165, 1.54) is 4.31 Å². The molecule has 0 fully saturated rings. The summed E-state index contributed by atoms with van der Waals surface area (Å²) in [6, 6.07) is 18.0. The van der Waals surface area contributed by atoms with Crippen molar-refractivity contribution in [1.29, 1.82) is 0 Å². The van der Waals surface area contributed by atoms with Crippen LogP contribution in [-0.4, -0.2) is 26.6 Å². The van der Waals surface area contributed by atoms with E-state index in [-0.39, 0.29) is 5.91 Å². The van der Waals surface area contributed by atoms with E-state index in [9.17, 15) is 13.2 Å². The van der Waals surface area contributed by atoms with Gasteiger partial charge in [0.25, 0.3) is 0 Å². The zero-order chi connectivity index (χ0) is 20.5. The molecule has 1 amide bonds. The second-order valence-corrected chi connectivity index (χ2v) is 8.96. The third kappa shape index (κ3) is 4.17. The van der Waals surface area contributed by atoms with Crippen LogP contribution in [0.3, 0.4) is 0 Å². The number of anilines is 2. The first-order valence-electron chi connectivity index (χ1n) is 9.03. The molecule has 3 aromatic rings. The summed E-state index contributed by atoms with van der Waals surface area (Å²) in [7, 11) is -3.66. The molecule has 6 heteroatoms. The van der Waals surface area contributed by atoms with Gasteiger partial charge in [0.1, 0.15) is 6.04 Å². The molecule has 0 saturated heterocycles. The Labute approximate surface area is 166 Å². The van der Waals surface area contributed by atoms with Gasteiger partial charge in [0, 0.05) is 11.1 Å². The summed E-state index contributed by atoms with van der Waals surface area (Å²) in [5.74, 6) is -0.388. The van der Waals surface area contributed by atoms with E-state index in [0.717, 1.165) is 28.2 Å². The number of sulfonamides is 1. The monoisotopic (exact) mass is 396 g/mol. The Hall–Kier alpha value is -2.86. The van der Waals surface area contributed by atoms with Crippen LogP contribution in [0.25, 0.3) is 10.8 Å². The molecule has 0 aliphatic carbocycles. The minimum atomic E-state index is -3.66. The second kappa shape index (κ2) is 7.64. The van der Waals surface area contributed by atoms with Crippen LogP contribution < -0.4 is 9.62 Å². The molecule has 0 bridgehead atoms. The van der Waals surface area contributed by atoms with Crippen molar-refractivity contribution in [3.63, 3.8) is 0 Å². The number of carbonyl (C=O) groups excluding carboxylic acids is 1. The Kier molecular flexibility index (Phi) is 5.42. The van der Waals surface area contributed by atoms with Crippen LogP contribution in [0.2, 0.25) is 0 Å². The lowest BCUT2D eigenvalue weighted by Gasteiger charge is -2.29. The first-order valence-corrected chi connectivity index (χ1v) is 10.9. The normalized spacial score (nSPS) is 12.6. The molecule has 1 unspecified atom stereocenters. The predicted molar refractivity (Wildman–Crippen MR) is 115 cm³/mol. The molecule has 1 atom stereocenters. The fourth-order valence-corrected chi connectivity index (χ4v) is 4.62.